The molecule has 0 fully saturated rings. The van der Waals surface area contributed by atoms with Crippen molar-refractivity contribution < 1.29 is 23.0 Å². The van der Waals surface area contributed by atoms with E-state index in [4.69, 9.17) is 15.2 Å². The first kappa shape index (κ1) is 19.1. The van der Waals surface area contributed by atoms with Gasteiger partial charge in [-0.1, -0.05) is 18.2 Å². The van der Waals surface area contributed by atoms with Gasteiger partial charge in [-0.3, -0.25) is 9.36 Å². The van der Waals surface area contributed by atoms with Gasteiger partial charge in [-0.25, -0.2) is 23.1 Å². The summed E-state index contributed by atoms with van der Waals surface area (Å²) >= 11 is 0. The molecule has 0 spiro atoms. The molecule has 0 saturated carbocycles. The predicted molar refractivity (Wildman–Crippen MR) is 103 cm³/mol. The van der Waals surface area contributed by atoms with Gasteiger partial charge in [-0.05, 0) is 24.3 Å². The number of hydrogen-bond acceptors (Lipinski definition) is 6. The van der Waals surface area contributed by atoms with Crippen LogP contribution in [0.2, 0.25) is 0 Å². The zero-order valence-electron chi connectivity index (χ0n) is 15.3. The molecular formula is C20H14F2N4O4. The second-order valence-electron chi connectivity index (χ2n) is 6.17. The quantitative estimate of drug-likeness (QED) is 0.551. The molecular weight excluding hydrogens is 398 g/mol. The molecule has 0 bridgehead atoms. The summed E-state index contributed by atoms with van der Waals surface area (Å²) in [4.78, 5) is 28.3. The Bertz CT molecular complexity index is 1300. The van der Waals surface area contributed by atoms with Gasteiger partial charge in [-0.2, -0.15) is 0 Å². The van der Waals surface area contributed by atoms with Gasteiger partial charge in [0, 0.05) is 12.3 Å². The van der Waals surface area contributed by atoms with E-state index >= 15 is 0 Å². The van der Waals surface area contributed by atoms with Crippen LogP contribution in [0.25, 0.3) is 11.0 Å². The molecule has 0 unspecified atom stereocenters. The van der Waals surface area contributed by atoms with Crippen molar-refractivity contribution in [1.82, 2.24) is 14.1 Å². The zero-order chi connectivity index (χ0) is 21.3. The Morgan fingerprint density at radius 2 is 1.87 bits per heavy atom. The fourth-order valence-electron chi connectivity index (χ4n) is 2.79. The van der Waals surface area contributed by atoms with Crippen LogP contribution < -0.4 is 16.0 Å². The Labute approximate surface area is 167 Å². The summed E-state index contributed by atoms with van der Waals surface area (Å²) in [7, 11) is 0. The van der Waals surface area contributed by atoms with Gasteiger partial charge in [0.15, 0.2) is 24.1 Å². The number of benzene rings is 2. The second-order valence-corrected chi connectivity index (χ2v) is 6.17. The van der Waals surface area contributed by atoms with Crippen LogP contribution in [-0.4, -0.2) is 20.2 Å². The van der Waals surface area contributed by atoms with Crippen molar-refractivity contribution in [2.45, 2.75) is 6.73 Å². The molecule has 8 nitrogen and oxygen atoms in total. The maximum Gasteiger partial charge on any atom is 0.421 e. The number of nitrogens with two attached hydrogens (primary N) is 1. The summed E-state index contributed by atoms with van der Waals surface area (Å²) in [5.74, 6) is -2.04. The lowest BCUT2D eigenvalue weighted by atomic mass is 10.2. The van der Waals surface area contributed by atoms with E-state index in [1.165, 1.54) is 18.3 Å². The smallest absolute Gasteiger partial charge is 0.421 e. The number of ether oxygens (including phenoxy) is 2. The number of carbonyl (C=O) groups is 1. The number of rotatable bonds is 4. The van der Waals surface area contributed by atoms with Gasteiger partial charge in [0.1, 0.15) is 23.1 Å². The number of hydrogen-bond donors (Lipinski definition) is 1. The van der Waals surface area contributed by atoms with Gasteiger partial charge in [0.2, 0.25) is 0 Å². The summed E-state index contributed by atoms with van der Waals surface area (Å²) in [5.41, 5.74) is 4.42. The van der Waals surface area contributed by atoms with E-state index < -0.39 is 30.0 Å². The number of imidazole rings is 1. The zero-order valence-corrected chi connectivity index (χ0v) is 15.3. The number of nitrogen functional groups attached to an aromatic ring is 1. The Hall–Kier alpha value is -4.21. The highest BCUT2D eigenvalue weighted by atomic mass is 19.1. The Balaban J connectivity index is 1.66. The van der Waals surface area contributed by atoms with E-state index in [1.54, 1.807) is 30.3 Å². The number of halogens is 2. The summed E-state index contributed by atoms with van der Waals surface area (Å²) in [6, 6.07) is 11.8. The monoisotopic (exact) mass is 412 g/mol. The first-order valence-electron chi connectivity index (χ1n) is 8.65. The number of carbonyl (C=O) groups excluding carboxylic acids is 1. The molecule has 10 heteroatoms. The molecule has 2 aromatic heterocycles. The van der Waals surface area contributed by atoms with Crippen molar-refractivity contribution in [2.75, 3.05) is 5.73 Å². The van der Waals surface area contributed by atoms with E-state index in [-0.39, 0.29) is 22.5 Å². The van der Waals surface area contributed by atoms with Crippen molar-refractivity contribution in [1.29, 1.82) is 0 Å². The van der Waals surface area contributed by atoms with Crippen LogP contribution in [0.5, 0.6) is 11.5 Å². The van der Waals surface area contributed by atoms with Crippen LogP contribution in [0.1, 0.15) is 0 Å². The topological polar surface area (TPSA) is 101 Å². The third-order valence-corrected chi connectivity index (χ3v) is 4.22. The fraction of sp³-hybridized carbons (Fsp3) is 0.0500. The predicted octanol–water partition coefficient (Wildman–Crippen LogP) is 3.49. The molecule has 0 amide bonds. The minimum absolute atomic E-state index is 0.0224. The van der Waals surface area contributed by atoms with E-state index in [2.05, 4.69) is 4.98 Å². The third-order valence-electron chi connectivity index (χ3n) is 4.22. The Morgan fingerprint density at radius 1 is 1.10 bits per heavy atom. The van der Waals surface area contributed by atoms with Crippen LogP contribution in [0, 0.1) is 11.6 Å². The van der Waals surface area contributed by atoms with Crippen molar-refractivity contribution in [3.63, 3.8) is 0 Å². The second kappa shape index (κ2) is 7.66. The first-order valence-corrected chi connectivity index (χ1v) is 8.65. The van der Waals surface area contributed by atoms with Crippen molar-refractivity contribution in [3.05, 3.63) is 83.0 Å². The average Bonchev–Trinajstić information content (AvgIpc) is 3.18. The van der Waals surface area contributed by atoms with Crippen molar-refractivity contribution >= 4 is 22.8 Å². The number of para-hydroxylation sites is 1. The molecule has 2 aromatic carbocycles. The molecule has 2 heterocycles. The maximum atomic E-state index is 14.5. The number of pyridine rings is 1. The van der Waals surface area contributed by atoms with Gasteiger partial charge >= 0.3 is 6.09 Å². The SMILES string of the molecule is Nc1cccn(COC(=O)n2cnc3c(Oc4ccccc4)c(F)cc(F)c32)c1=O. The van der Waals surface area contributed by atoms with Crippen LogP contribution in [-0.2, 0) is 11.5 Å². The van der Waals surface area contributed by atoms with Gasteiger partial charge in [0.05, 0.1) is 5.69 Å². The molecule has 2 N–H and O–H groups in total. The molecule has 0 aliphatic carbocycles. The summed E-state index contributed by atoms with van der Waals surface area (Å²) in [6.45, 7) is -0.460. The minimum atomic E-state index is -1.03. The third kappa shape index (κ3) is 3.46. The number of anilines is 1. The van der Waals surface area contributed by atoms with Crippen LogP contribution in [0.15, 0.2) is 65.8 Å². The van der Waals surface area contributed by atoms with Gasteiger partial charge in [-0.15, -0.1) is 0 Å². The number of nitrogens with zero attached hydrogens (tertiary/aromatic N) is 3. The van der Waals surface area contributed by atoms with Gasteiger partial charge < -0.3 is 15.2 Å². The Kier molecular flexibility index (Phi) is 4.88. The largest absolute Gasteiger partial charge is 0.452 e. The number of aromatic nitrogens is 3. The average molecular weight is 412 g/mol. The van der Waals surface area contributed by atoms with E-state index in [9.17, 15) is 18.4 Å². The molecule has 30 heavy (non-hydrogen) atoms. The summed E-state index contributed by atoms with van der Waals surface area (Å²) in [6.07, 6.45) is 1.33. The fourth-order valence-corrected chi connectivity index (χ4v) is 2.79. The lowest BCUT2D eigenvalue weighted by Gasteiger charge is -2.10. The molecule has 4 rings (SSSR count). The van der Waals surface area contributed by atoms with E-state index in [0.717, 1.165) is 15.5 Å². The normalized spacial score (nSPS) is 10.9. The van der Waals surface area contributed by atoms with Crippen LogP contribution in [0.3, 0.4) is 0 Å². The van der Waals surface area contributed by atoms with Crippen LogP contribution in [0.4, 0.5) is 19.3 Å². The summed E-state index contributed by atoms with van der Waals surface area (Å²) < 4.78 is 41.2. The lowest BCUT2D eigenvalue weighted by Crippen LogP contribution is -2.25. The molecule has 0 atom stereocenters. The van der Waals surface area contributed by atoms with Gasteiger partial charge in [0.25, 0.3) is 5.56 Å². The standard InChI is InChI=1S/C20H14F2N4O4/c21-13-9-14(22)18(30-12-5-2-1-3-6-12)16-17(13)26(10-24-16)20(28)29-11-25-8-4-7-15(23)19(25)27/h1-10H,11,23H2. The van der Waals surface area contributed by atoms with E-state index in [1.807, 2.05) is 0 Å². The molecule has 0 saturated heterocycles. The first-order chi connectivity index (χ1) is 14.5. The van der Waals surface area contributed by atoms with Crippen LogP contribution >= 0.6 is 0 Å². The van der Waals surface area contributed by atoms with Crippen molar-refractivity contribution in [2.24, 2.45) is 0 Å². The maximum absolute atomic E-state index is 14.5. The molecule has 4 aromatic rings. The lowest BCUT2D eigenvalue weighted by molar-refractivity contribution is 0.114. The molecule has 0 aliphatic rings. The Morgan fingerprint density at radius 3 is 2.63 bits per heavy atom. The minimum Gasteiger partial charge on any atom is -0.452 e. The molecule has 0 radical (unpaired) electrons. The number of fused-ring (bicyclic) bond motifs is 1. The highest BCUT2D eigenvalue weighted by Crippen LogP contribution is 2.33. The summed E-state index contributed by atoms with van der Waals surface area (Å²) in [5, 5.41) is 0. The highest BCUT2D eigenvalue weighted by molar-refractivity contribution is 5.90. The van der Waals surface area contributed by atoms with E-state index in [0.29, 0.717) is 11.8 Å². The van der Waals surface area contributed by atoms with Crippen molar-refractivity contribution in [3.8, 4) is 11.5 Å². The molecule has 152 valence electrons. The molecule has 0 aliphatic heterocycles. The highest BCUT2D eigenvalue weighted by Gasteiger charge is 2.22.